The van der Waals surface area contributed by atoms with Crippen LogP contribution in [0, 0.1) is 0 Å². The van der Waals surface area contributed by atoms with Crippen molar-refractivity contribution in [1.82, 2.24) is 4.98 Å². The molecule has 0 amide bonds. The molecule has 5 nitrogen and oxygen atoms in total. The molecule has 0 unspecified atom stereocenters. The summed E-state index contributed by atoms with van der Waals surface area (Å²) in [4.78, 5) is 16.2. The third kappa shape index (κ3) is 5.11. The lowest BCUT2D eigenvalue weighted by Crippen LogP contribution is -2.06. The third-order valence-electron chi connectivity index (χ3n) is 4.18. The van der Waals surface area contributed by atoms with Crippen molar-refractivity contribution < 1.29 is 36.2 Å². The Morgan fingerprint density at radius 2 is 1.74 bits per heavy atom. The van der Waals surface area contributed by atoms with Crippen LogP contribution in [0.3, 0.4) is 0 Å². The number of alkyl halides is 3. The number of methoxy groups -OCH3 is 1. The summed E-state index contributed by atoms with van der Waals surface area (Å²) in [6.45, 7) is 1.68. The quantitative estimate of drug-likeness (QED) is 0.350. The summed E-state index contributed by atoms with van der Waals surface area (Å²) < 4.78 is 68.3. The number of rotatable bonds is 6. The predicted molar refractivity (Wildman–Crippen MR) is 105 cm³/mol. The van der Waals surface area contributed by atoms with E-state index in [4.69, 9.17) is 13.9 Å². The minimum Gasteiger partial charge on any atom is -0.497 e. The number of hydrogen-bond acceptors (Lipinski definition) is 5. The van der Waals surface area contributed by atoms with Crippen molar-refractivity contribution >= 4 is 17.9 Å². The number of halogens is 4. The van der Waals surface area contributed by atoms with E-state index in [1.165, 1.54) is 7.11 Å². The van der Waals surface area contributed by atoms with Crippen LogP contribution in [0.1, 0.15) is 34.4 Å². The van der Waals surface area contributed by atoms with E-state index in [9.17, 15) is 22.4 Å². The minimum absolute atomic E-state index is 0.00734. The van der Waals surface area contributed by atoms with Gasteiger partial charge in [-0.2, -0.15) is 18.2 Å². The Kier molecular flexibility index (Phi) is 6.43. The Balaban J connectivity index is 1.98. The van der Waals surface area contributed by atoms with Gasteiger partial charge in [0.15, 0.2) is 17.3 Å². The normalized spacial score (nSPS) is 12.0. The molecule has 0 fully saturated rings. The number of carbonyl (C=O) groups is 1. The van der Waals surface area contributed by atoms with Gasteiger partial charge in [-0.15, -0.1) is 0 Å². The molecule has 9 heteroatoms. The van der Waals surface area contributed by atoms with E-state index in [0.717, 1.165) is 30.3 Å². The monoisotopic (exact) mass is 435 g/mol. The van der Waals surface area contributed by atoms with E-state index >= 15 is 0 Å². The fourth-order valence-electron chi connectivity index (χ4n) is 2.67. The maximum absolute atomic E-state index is 14.7. The van der Waals surface area contributed by atoms with Crippen LogP contribution in [0.4, 0.5) is 17.6 Å². The van der Waals surface area contributed by atoms with Gasteiger partial charge in [0.2, 0.25) is 0 Å². The first-order valence-corrected chi connectivity index (χ1v) is 9.10. The van der Waals surface area contributed by atoms with Crippen LogP contribution in [0.2, 0.25) is 0 Å². The van der Waals surface area contributed by atoms with Crippen molar-refractivity contribution in [2.75, 3.05) is 13.7 Å². The third-order valence-corrected chi connectivity index (χ3v) is 4.18. The lowest BCUT2D eigenvalue weighted by Gasteiger charge is -2.05. The van der Waals surface area contributed by atoms with E-state index < -0.39 is 29.4 Å². The number of carbonyl (C=O) groups excluding carboxylic acids is 1. The first-order chi connectivity index (χ1) is 14.7. The van der Waals surface area contributed by atoms with Gasteiger partial charge in [0.1, 0.15) is 5.75 Å². The van der Waals surface area contributed by atoms with Crippen molar-refractivity contribution in [2.45, 2.75) is 13.1 Å². The molecule has 0 bridgehead atoms. The van der Waals surface area contributed by atoms with Crippen molar-refractivity contribution in [1.29, 1.82) is 0 Å². The average Bonchev–Trinajstić information content (AvgIpc) is 3.19. The highest BCUT2D eigenvalue weighted by Crippen LogP contribution is 2.32. The Morgan fingerprint density at radius 3 is 2.29 bits per heavy atom. The van der Waals surface area contributed by atoms with Gasteiger partial charge in [0.25, 0.3) is 5.89 Å². The van der Waals surface area contributed by atoms with Gasteiger partial charge in [-0.3, -0.25) is 0 Å². The maximum atomic E-state index is 14.7. The molecule has 3 aromatic rings. The Labute approximate surface area is 174 Å². The molecule has 0 saturated heterocycles. The lowest BCUT2D eigenvalue weighted by molar-refractivity contribution is -0.137. The van der Waals surface area contributed by atoms with Crippen molar-refractivity contribution in [3.05, 3.63) is 71.2 Å². The number of hydrogen-bond donors (Lipinski definition) is 0. The molecule has 0 aliphatic heterocycles. The second-order valence-corrected chi connectivity index (χ2v) is 6.26. The maximum Gasteiger partial charge on any atom is 0.416 e. The fraction of sp³-hybridized carbons (Fsp3) is 0.182. The summed E-state index contributed by atoms with van der Waals surface area (Å²) in [6.07, 6.45) is -3.54. The molecule has 2 aromatic carbocycles. The second-order valence-electron chi connectivity index (χ2n) is 6.26. The molecule has 1 aromatic heterocycles. The summed E-state index contributed by atoms with van der Waals surface area (Å²) in [5.41, 5.74) is -0.483. The minimum atomic E-state index is -4.49. The van der Waals surface area contributed by atoms with Gasteiger partial charge in [0, 0.05) is 5.56 Å². The van der Waals surface area contributed by atoms with E-state index in [0.29, 0.717) is 11.3 Å². The lowest BCUT2D eigenvalue weighted by atomic mass is 10.1. The number of esters is 1. The summed E-state index contributed by atoms with van der Waals surface area (Å²) in [6, 6.07) is 10.3. The molecule has 0 aliphatic rings. The van der Waals surface area contributed by atoms with E-state index in [1.807, 2.05) is 0 Å². The number of benzene rings is 2. The zero-order valence-electron chi connectivity index (χ0n) is 16.5. The zero-order valence-corrected chi connectivity index (χ0v) is 16.5. The van der Waals surface area contributed by atoms with E-state index in [2.05, 4.69) is 4.98 Å². The highest BCUT2D eigenvalue weighted by atomic mass is 19.4. The Hall–Kier alpha value is -3.62. The van der Waals surface area contributed by atoms with Crippen molar-refractivity contribution in [3.63, 3.8) is 0 Å². The molecule has 1 heterocycles. The summed E-state index contributed by atoms with van der Waals surface area (Å²) >= 11 is 0. The fourth-order valence-corrected chi connectivity index (χ4v) is 2.67. The van der Waals surface area contributed by atoms with E-state index in [1.54, 1.807) is 31.2 Å². The van der Waals surface area contributed by atoms with Crippen LogP contribution < -0.4 is 4.74 Å². The number of nitrogens with zero attached hydrogens (tertiary/aromatic N) is 1. The first-order valence-electron chi connectivity index (χ1n) is 9.10. The largest absolute Gasteiger partial charge is 0.497 e. The Morgan fingerprint density at radius 1 is 1.10 bits per heavy atom. The van der Waals surface area contributed by atoms with Gasteiger partial charge in [-0.05, 0) is 55.0 Å². The van der Waals surface area contributed by atoms with E-state index in [-0.39, 0.29) is 23.6 Å². The zero-order chi connectivity index (χ0) is 22.6. The smallest absolute Gasteiger partial charge is 0.416 e. The molecule has 0 radical (unpaired) electrons. The van der Waals surface area contributed by atoms with Gasteiger partial charge >= 0.3 is 12.1 Å². The van der Waals surface area contributed by atoms with Crippen molar-refractivity contribution in [2.24, 2.45) is 0 Å². The highest BCUT2D eigenvalue weighted by molar-refractivity contribution is 5.94. The molecule has 3 rings (SSSR count). The summed E-state index contributed by atoms with van der Waals surface area (Å²) in [7, 11) is 1.49. The second kappa shape index (κ2) is 9.03. The molecule has 0 saturated carbocycles. The molecule has 0 atom stereocenters. The number of oxazole rings is 1. The highest BCUT2D eigenvalue weighted by Gasteiger charge is 2.30. The summed E-state index contributed by atoms with van der Waals surface area (Å²) in [5, 5.41) is 0. The SMILES string of the molecule is CCOC(=O)c1nc(/C(F)=C/c2ccc(C(F)(F)F)cc2)oc1-c1ccc(OC)cc1. The molecule has 0 spiro atoms. The first kappa shape index (κ1) is 22.1. The van der Waals surface area contributed by atoms with Crippen LogP contribution in [0.5, 0.6) is 5.75 Å². The molecule has 0 aliphatic carbocycles. The summed E-state index contributed by atoms with van der Waals surface area (Å²) in [5.74, 6) is -1.72. The molecular weight excluding hydrogens is 418 g/mol. The molecular formula is C22H17F4NO4. The van der Waals surface area contributed by atoms with Gasteiger partial charge < -0.3 is 13.9 Å². The molecule has 162 valence electrons. The van der Waals surface area contributed by atoms with Crippen LogP contribution in [-0.4, -0.2) is 24.7 Å². The molecule has 0 N–H and O–H groups in total. The van der Waals surface area contributed by atoms with Gasteiger partial charge in [-0.1, -0.05) is 12.1 Å². The van der Waals surface area contributed by atoms with Gasteiger partial charge in [-0.25, -0.2) is 9.18 Å². The number of ether oxygens (including phenoxy) is 2. The Bertz CT molecular complexity index is 1080. The standard InChI is InChI=1S/C22H17F4NO4/c1-3-30-21(28)18-19(14-6-10-16(29-2)11-7-14)31-20(27-18)17(23)12-13-4-8-15(9-5-13)22(24,25)26/h4-12H,3H2,1-2H3/b17-12-. The van der Waals surface area contributed by atoms with Crippen LogP contribution in [-0.2, 0) is 10.9 Å². The van der Waals surface area contributed by atoms with Crippen LogP contribution in [0.25, 0.3) is 23.2 Å². The number of aromatic nitrogens is 1. The van der Waals surface area contributed by atoms with Gasteiger partial charge in [0.05, 0.1) is 19.3 Å². The van der Waals surface area contributed by atoms with Crippen LogP contribution in [0.15, 0.2) is 52.9 Å². The van der Waals surface area contributed by atoms with Crippen molar-refractivity contribution in [3.8, 4) is 17.1 Å². The predicted octanol–water partition coefficient (Wildman–Crippen LogP) is 6.01. The average molecular weight is 435 g/mol. The van der Waals surface area contributed by atoms with Crippen LogP contribution >= 0.6 is 0 Å². The molecule has 31 heavy (non-hydrogen) atoms. The topological polar surface area (TPSA) is 61.6 Å².